The van der Waals surface area contributed by atoms with Gasteiger partial charge >= 0.3 is 5.97 Å². The second-order valence-electron chi connectivity index (χ2n) is 6.04. The van der Waals surface area contributed by atoms with Crippen LogP contribution in [0.1, 0.15) is 50.7 Å². The van der Waals surface area contributed by atoms with Crippen molar-refractivity contribution >= 4 is 11.9 Å². The number of hydrogen-bond donors (Lipinski definition) is 1. The Labute approximate surface area is 126 Å². The van der Waals surface area contributed by atoms with Gasteiger partial charge in [-0.15, -0.1) is 0 Å². The van der Waals surface area contributed by atoms with Gasteiger partial charge in [0.1, 0.15) is 5.54 Å². The molecular formula is C17H25NO3. The molecule has 4 nitrogen and oxygen atoms in total. The van der Waals surface area contributed by atoms with E-state index in [1.165, 1.54) is 10.5 Å². The van der Waals surface area contributed by atoms with Crippen LogP contribution in [-0.2, 0) is 9.59 Å². The van der Waals surface area contributed by atoms with E-state index < -0.39 is 11.5 Å². The van der Waals surface area contributed by atoms with Crippen molar-refractivity contribution in [3.05, 3.63) is 35.4 Å². The second kappa shape index (κ2) is 6.74. The number of aliphatic carboxylic acids is 1. The molecule has 0 spiro atoms. The number of carboxylic acids is 1. The Morgan fingerprint density at radius 2 is 1.76 bits per heavy atom. The Morgan fingerprint density at radius 1 is 1.24 bits per heavy atom. The van der Waals surface area contributed by atoms with E-state index in [-0.39, 0.29) is 11.8 Å². The number of rotatable bonds is 6. The van der Waals surface area contributed by atoms with Crippen LogP contribution in [0.25, 0.3) is 0 Å². The van der Waals surface area contributed by atoms with Crippen molar-refractivity contribution in [1.29, 1.82) is 0 Å². The summed E-state index contributed by atoms with van der Waals surface area (Å²) in [7, 11) is 1.55. The summed E-state index contributed by atoms with van der Waals surface area (Å²) in [4.78, 5) is 24.9. The Kier molecular flexibility index (Phi) is 5.53. The Hall–Kier alpha value is -1.84. The Balaban J connectivity index is 2.84. The first kappa shape index (κ1) is 17.2. The molecule has 1 atom stereocenters. The van der Waals surface area contributed by atoms with Gasteiger partial charge in [0, 0.05) is 13.5 Å². The average molecular weight is 291 g/mol. The molecule has 4 heteroatoms. The molecule has 1 amide bonds. The standard InChI is InChI=1S/C17H25NO3/c1-6-13(14-9-7-12(2)8-10-14)11-15(19)18(5)17(3,4)16(20)21/h7-10,13H,6,11H2,1-5H3,(H,20,21). The first-order valence-electron chi connectivity index (χ1n) is 7.26. The highest BCUT2D eigenvalue weighted by molar-refractivity contribution is 5.86. The molecule has 0 fully saturated rings. The lowest BCUT2D eigenvalue weighted by Crippen LogP contribution is -2.51. The lowest BCUT2D eigenvalue weighted by atomic mass is 9.91. The highest BCUT2D eigenvalue weighted by Gasteiger charge is 2.35. The maximum atomic E-state index is 12.4. The van der Waals surface area contributed by atoms with Crippen molar-refractivity contribution < 1.29 is 14.7 Å². The number of carbonyl (C=O) groups excluding carboxylic acids is 1. The number of likely N-dealkylation sites (N-methyl/N-ethyl adjacent to an activating group) is 1. The number of benzene rings is 1. The number of aryl methyl sites for hydroxylation is 1. The lowest BCUT2D eigenvalue weighted by molar-refractivity contribution is -0.155. The van der Waals surface area contributed by atoms with E-state index in [0.717, 1.165) is 12.0 Å². The first-order chi connectivity index (χ1) is 9.70. The van der Waals surface area contributed by atoms with Crippen molar-refractivity contribution in [2.75, 3.05) is 7.05 Å². The number of hydrogen-bond acceptors (Lipinski definition) is 2. The van der Waals surface area contributed by atoms with Crippen LogP contribution < -0.4 is 0 Å². The van der Waals surface area contributed by atoms with E-state index in [4.69, 9.17) is 0 Å². The summed E-state index contributed by atoms with van der Waals surface area (Å²) in [6.07, 6.45) is 1.17. The van der Waals surface area contributed by atoms with Crippen molar-refractivity contribution in [3.8, 4) is 0 Å². The third-order valence-corrected chi connectivity index (χ3v) is 4.20. The summed E-state index contributed by atoms with van der Waals surface area (Å²) in [5.74, 6) is -1.03. The highest BCUT2D eigenvalue weighted by Crippen LogP contribution is 2.26. The molecule has 0 saturated heterocycles. The van der Waals surface area contributed by atoms with Gasteiger partial charge < -0.3 is 10.0 Å². The molecular weight excluding hydrogens is 266 g/mol. The summed E-state index contributed by atoms with van der Waals surface area (Å²) in [5, 5.41) is 9.21. The predicted octanol–water partition coefficient (Wildman–Crippen LogP) is 3.20. The fourth-order valence-corrected chi connectivity index (χ4v) is 2.14. The van der Waals surface area contributed by atoms with Crippen LogP contribution in [0, 0.1) is 6.92 Å². The molecule has 0 heterocycles. The molecule has 1 aromatic rings. The van der Waals surface area contributed by atoms with Crippen LogP contribution in [0.5, 0.6) is 0 Å². The van der Waals surface area contributed by atoms with Gasteiger partial charge in [-0.25, -0.2) is 4.79 Å². The maximum Gasteiger partial charge on any atom is 0.329 e. The van der Waals surface area contributed by atoms with Crippen LogP contribution in [0.2, 0.25) is 0 Å². The Bertz CT molecular complexity index is 505. The normalized spacial score (nSPS) is 12.8. The van der Waals surface area contributed by atoms with E-state index in [0.29, 0.717) is 6.42 Å². The van der Waals surface area contributed by atoms with Gasteiger partial charge in [-0.1, -0.05) is 36.8 Å². The largest absolute Gasteiger partial charge is 0.480 e. The molecule has 0 saturated carbocycles. The van der Waals surface area contributed by atoms with Gasteiger partial charge in [-0.2, -0.15) is 0 Å². The fourth-order valence-electron chi connectivity index (χ4n) is 2.14. The maximum absolute atomic E-state index is 12.4. The van der Waals surface area contributed by atoms with Crippen LogP contribution in [0.4, 0.5) is 0 Å². The zero-order chi connectivity index (χ0) is 16.2. The zero-order valence-corrected chi connectivity index (χ0v) is 13.5. The monoisotopic (exact) mass is 291 g/mol. The Morgan fingerprint density at radius 3 is 2.19 bits per heavy atom. The van der Waals surface area contributed by atoms with Gasteiger partial charge in [0.15, 0.2) is 0 Å². The first-order valence-corrected chi connectivity index (χ1v) is 7.26. The quantitative estimate of drug-likeness (QED) is 0.875. The van der Waals surface area contributed by atoms with Crippen molar-refractivity contribution in [1.82, 2.24) is 4.90 Å². The molecule has 21 heavy (non-hydrogen) atoms. The number of carbonyl (C=O) groups is 2. The summed E-state index contributed by atoms with van der Waals surface area (Å²) in [6, 6.07) is 8.15. The summed E-state index contributed by atoms with van der Waals surface area (Å²) >= 11 is 0. The van der Waals surface area contributed by atoms with Gasteiger partial charge in [0.2, 0.25) is 5.91 Å². The minimum atomic E-state index is -1.19. The molecule has 0 radical (unpaired) electrons. The molecule has 0 aliphatic heterocycles. The summed E-state index contributed by atoms with van der Waals surface area (Å²) in [6.45, 7) is 7.15. The zero-order valence-electron chi connectivity index (χ0n) is 13.5. The summed E-state index contributed by atoms with van der Waals surface area (Å²) < 4.78 is 0. The lowest BCUT2D eigenvalue weighted by Gasteiger charge is -2.32. The SMILES string of the molecule is CCC(CC(=O)N(C)C(C)(C)C(=O)O)c1ccc(C)cc1. The van der Waals surface area contributed by atoms with Gasteiger partial charge in [-0.05, 0) is 38.7 Å². The number of carboxylic acid groups (broad SMARTS) is 1. The molecule has 0 aliphatic carbocycles. The highest BCUT2D eigenvalue weighted by atomic mass is 16.4. The smallest absolute Gasteiger partial charge is 0.329 e. The molecule has 116 valence electrons. The van der Waals surface area contributed by atoms with Gasteiger partial charge in [0.25, 0.3) is 0 Å². The summed E-state index contributed by atoms with van der Waals surface area (Å²) in [5.41, 5.74) is 1.12. The predicted molar refractivity (Wildman–Crippen MR) is 83.3 cm³/mol. The number of amides is 1. The molecule has 1 aromatic carbocycles. The molecule has 1 N–H and O–H groups in total. The van der Waals surface area contributed by atoms with Crippen molar-refractivity contribution in [2.45, 2.75) is 52.0 Å². The van der Waals surface area contributed by atoms with Gasteiger partial charge in [-0.3, -0.25) is 4.79 Å². The minimum absolute atomic E-state index is 0.116. The van der Waals surface area contributed by atoms with Crippen LogP contribution in [0.3, 0.4) is 0 Å². The average Bonchev–Trinajstić information content (AvgIpc) is 2.44. The third kappa shape index (κ3) is 4.06. The minimum Gasteiger partial charge on any atom is -0.480 e. The van der Waals surface area contributed by atoms with Crippen molar-refractivity contribution in [3.63, 3.8) is 0 Å². The van der Waals surface area contributed by atoms with E-state index in [2.05, 4.69) is 0 Å². The van der Waals surface area contributed by atoms with E-state index in [9.17, 15) is 14.7 Å². The van der Waals surface area contributed by atoms with Crippen LogP contribution >= 0.6 is 0 Å². The molecule has 0 aliphatic rings. The molecule has 0 bridgehead atoms. The second-order valence-corrected chi connectivity index (χ2v) is 6.04. The third-order valence-electron chi connectivity index (χ3n) is 4.20. The fraction of sp³-hybridized carbons (Fsp3) is 0.529. The van der Waals surface area contributed by atoms with E-state index in [1.807, 2.05) is 38.1 Å². The molecule has 1 unspecified atom stereocenters. The van der Waals surface area contributed by atoms with Crippen LogP contribution in [0.15, 0.2) is 24.3 Å². The van der Waals surface area contributed by atoms with Crippen LogP contribution in [-0.4, -0.2) is 34.5 Å². The number of nitrogens with zero attached hydrogens (tertiary/aromatic N) is 1. The molecule has 0 aromatic heterocycles. The van der Waals surface area contributed by atoms with Gasteiger partial charge in [0.05, 0.1) is 0 Å². The van der Waals surface area contributed by atoms with E-state index in [1.54, 1.807) is 20.9 Å². The molecule has 1 rings (SSSR count). The topological polar surface area (TPSA) is 57.6 Å². The van der Waals surface area contributed by atoms with E-state index >= 15 is 0 Å². The van der Waals surface area contributed by atoms with Crippen molar-refractivity contribution in [2.24, 2.45) is 0 Å².